The topological polar surface area (TPSA) is 119 Å². The van der Waals surface area contributed by atoms with Crippen molar-refractivity contribution >= 4 is 27.2 Å². The van der Waals surface area contributed by atoms with E-state index in [2.05, 4.69) is 11.9 Å². The molecule has 3 N–H and O–H groups in total. The van der Waals surface area contributed by atoms with Crippen LogP contribution < -0.4 is 15.4 Å². The lowest BCUT2D eigenvalue weighted by atomic mass is 10.2. The van der Waals surface area contributed by atoms with Gasteiger partial charge >= 0.3 is 0 Å². The lowest BCUT2D eigenvalue weighted by Crippen LogP contribution is -2.17. The Morgan fingerprint density at radius 2 is 1.97 bits per heavy atom. The van der Waals surface area contributed by atoms with E-state index in [9.17, 15) is 12.8 Å². The van der Waals surface area contributed by atoms with E-state index in [0.717, 1.165) is 24.0 Å². The summed E-state index contributed by atoms with van der Waals surface area (Å²) in [5.74, 6) is 0.594. The van der Waals surface area contributed by atoms with E-state index in [4.69, 9.17) is 19.4 Å². The van der Waals surface area contributed by atoms with Crippen LogP contribution >= 0.6 is 0 Å². The van der Waals surface area contributed by atoms with Crippen molar-refractivity contribution in [1.29, 1.82) is 0 Å². The van der Waals surface area contributed by atoms with E-state index < -0.39 is 10.1 Å². The Bertz CT molecular complexity index is 1140. The standard InChI is InChI=1S/C15H20FN3O2.C7H8O3S/c1-3-6-19(2)15-18-13-5-4-12(7-14(13)21-15)20-10-11(8-16)9-17;1-6-2-4-7(5-3-6)11(8,9)10/h4-5,7-8H,3,6,9-10,17H2,1-2H3;2-5H,1H3,(H,8,9,10). The molecule has 8 nitrogen and oxygen atoms in total. The van der Waals surface area contributed by atoms with Crippen LogP contribution in [0, 0.1) is 6.92 Å². The van der Waals surface area contributed by atoms with E-state index >= 15 is 0 Å². The van der Waals surface area contributed by atoms with Gasteiger partial charge in [0.05, 0.1) is 11.2 Å². The second kappa shape index (κ2) is 11.6. The minimum atomic E-state index is -4.02. The molecule has 0 radical (unpaired) electrons. The predicted molar refractivity (Wildman–Crippen MR) is 122 cm³/mol. The maximum Gasteiger partial charge on any atom is 0.298 e. The molecule has 3 aromatic rings. The molecule has 0 spiro atoms. The summed E-state index contributed by atoms with van der Waals surface area (Å²) in [7, 11) is -2.08. The molecule has 2 aromatic carbocycles. The van der Waals surface area contributed by atoms with Crippen molar-refractivity contribution in [3.8, 4) is 5.75 Å². The van der Waals surface area contributed by atoms with Gasteiger partial charge in [-0.15, -0.1) is 0 Å². The number of ether oxygens (including phenoxy) is 1. The quantitative estimate of drug-likeness (QED) is 0.477. The number of hydrogen-bond donors (Lipinski definition) is 2. The number of anilines is 1. The second-order valence-electron chi connectivity index (χ2n) is 7.10. The van der Waals surface area contributed by atoms with E-state index in [1.165, 1.54) is 12.1 Å². The van der Waals surface area contributed by atoms with Gasteiger partial charge in [-0.3, -0.25) is 4.55 Å². The molecule has 0 aliphatic rings. The number of halogens is 1. The molecule has 32 heavy (non-hydrogen) atoms. The lowest BCUT2D eigenvalue weighted by molar-refractivity contribution is 0.347. The summed E-state index contributed by atoms with van der Waals surface area (Å²) in [6.07, 6.45) is 1.49. The van der Waals surface area contributed by atoms with Crippen molar-refractivity contribution < 1.29 is 26.5 Å². The molecule has 0 bridgehead atoms. The molecule has 0 amide bonds. The smallest absolute Gasteiger partial charge is 0.298 e. The molecule has 3 rings (SSSR count). The summed E-state index contributed by atoms with van der Waals surface area (Å²) >= 11 is 0. The van der Waals surface area contributed by atoms with Gasteiger partial charge < -0.3 is 19.8 Å². The molecule has 10 heteroatoms. The minimum absolute atomic E-state index is 0.0666. The number of fused-ring (bicyclic) bond motifs is 1. The molecule has 0 saturated heterocycles. The number of rotatable bonds is 8. The molecule has 0 fully saturated rings. The molecule has 1 aromatic heterocycles. The fourth-order valence-corrected chi connectivity index (χ4v) is 3.08. The Kier molecular flexibility index (Phi) is 9.18. The molecule has 0 atom stereocenters. The molecule has 0 aliphatic heterocycles. The number of hydrogen-bond acceptors (Lipinski definition) is 7. The number of nitrogens with two attached hydrogens (primary N) is 1. The first-order chi connectivity index (χ1) is 15.2. The van der Waals surface area contributed by atoms with Crippen LogP contribution in [0.3, 0.4) is 0 Å². The van der Waals surface area contributed by atoms with E-state index in [0.29, 0.717) is 29.3 Å². The van der Waals surface area contributed by atoms with Crippen LogP contribution in [0.5, 0.6) is 5.75 Å². The zero-order valence-corrected chi connectivity index (χ0v) is 19.1. The van der Waals surface area contributed by atoms with Crippen molar-refractivity contribution in [2.45, 2.75) is 25.2 Å². The zero-order chi connectivity index (χ0) is 23.7. The minimum Gasteiger partial charge on any atom is -0.489 e. The molecule has 0 unspecified atom stereocenters. The Morgan fingerprint density at radius 3 is 2.53 bits per heavy atom. The second-order valence-corrected chi connectivity index (χ2v) is 8.52. The van der Waals surface area contributed by atoms with Gasteiger partial charge in [0, 0.05) is 31.8 Å². The summed E-state index contributed by atoms with van der Waals surface area (Å²) in [5, 5.41) is 0. The zero-order valence-electron chi connectivity index (χ0n) is 18.3. The lowest BCUT2D eigenvalue weighted by Gasteiger charge is -2.11. The number of nitrogens with zero attached hydrogens (tertiary/aromatic N) is 2. The molecule has 174 valence electrons. The first-order valence-electron chi connectivity index (χ1n) is 9.94. The summed E-state index contributed by atoms with van der Waals surface area (Å²) < 4.78 is 53.2. The van der Waals surface area contributed by atoms with E-state index in [-0.39, 0.29) is 18.0 Å². The summed E-state index contributed by atoms with van der Waals surface area (Å²) in [6, 6.07) is 11.9. The van der Waals surface area contributed by atoms with Crippen molar-refractivity contribution in [3.63, 3.8) is 0 Å². The number of aromatic nitrogens is 1. The van der Waals surface area contributed by atoms with Crippen molar-refractivity contribution in [2.24, 2.45) is 5.73 Å². The van der Waals surface area contributed by atoms with Gasteiger partial charge in [-0.05, 0) is 37.6 Å². The first-order valence-corrected chi connectivity index (χ1v) is 11.4. The van der Waals surface area contributed by atoms with Gasteiger partial charge in [-0.1, -0.05) is 24.6 Å². The fourth-order valence-electron chi connectivity index (χ4n) is 2.60. The Labute approximate surface area is 187 Å². The largest absolute Gasteiger partial charge is 0.489 e. The summed E-state index contributed by atoms with van der Waals surface area (Å²) in [4.78, 5) is 6.30. The molecule has 1 heterocycles. The van der Waals surface area contributed by atoms with Crippen molar-refractivity contribution in [1.82, 2.24) is 4.98 Å². The fraction of sp³-hybridized carbons (Fsp3) is 0.318. The van der Waals surface area contributed by atoms with E-state index in [1.807, 2.05) is 24.9 Å². The Balaban J connectivity index is 0.000000278. The summed E-state index contributed by atoms with van der Waals surface area (Å²) in [5.41, 5.74) is 8.14. The highest BCUT2D eigenvalue weighted by Gasteiger charge is 2.11. The van der Waals surface area contributed by atoms with Gasteiger partial charge in [-0.2, -0.15) is 13.4 Å². The third-order valence-electron chi connectivity index (χ3n) is 4.39. The first kappa shape index (κ1) is 25.3. The van der Waals surface area contributed by atoms with Crippen molar-refractivity contribution in [2.75, 3.05) is 31.6 Å². The summed E-state index contributed by atoms with van der Waals surface area (Å²) in [6.45, 7) is 5.06. The van der Waals surface area contributed by atoms with Crippen LogP contribution in [-0.4, -0.2) is 44.7 Å². The van der Waals surface area contributed by atoms with E-state index in [1.54, 1.807) is 24.3 Å². The van der Waals surface area contributed by atoms with Crippen molar-refractivity contribution in [3.05, 3.63) is 59.9 Å². The Hall–Kier alpha value is -2.95. The number of oxazole rings is 1. The van der Waals surface area contributed by atoms with Crippen LogP contribution in [0.25, 0.3) is 11.1 Å². The highest BCUT2D eigenvalue weighted by atomic mass is 32.2. The number of aryl methyl sites for hydroxylation is 1. The van der Waals surface area contributed by atoms with Crippen LogP contribution in [0.15, 0.2) is 63.7 Å². The average Bonchev–Trinajstić information content (AvgIpc) is 3.18. The Morgan fingerprint density at radius 1 is 1.28 bits per heavy atom. The van der Waals surface area contributed by atoms with Crippen LogP contribution in [0.4, 0.5) is 10.4 Å². The van der Waals surface area contributed by atoms with Crippen LogP contribution in [0.2, 0.25) is 0 Å². The van der Waals surface area contributed by atoms with Gasteiger partial charge in [-0.25, -0.2) is 4.39 Å². The number of benzene rings is 2. The SMILES string of the molecule is CCCN(C)c1nc2ccc(OCC(=CF)CN)cc2o1.Cc1ccc(S(=O)(=O)O)cc1. The third kappa shape index (κ3) is 7.33. The maximum absolute atomic E-state index is 12.4. The van der Waals surface area contributed by atoms with Gasteiger partial charge in [0.15, 0.2) is 5.58 Å². The molecule has 0 aliphatic carbocycles. The van der Waals surface area contributed by atoms with Gasteiger partial charge in [0.25, 0.3) is 16.1 Å². The van der Waals surface area contributed by atoms with Gasteiger partial charge in [0.1, 0.15) is 17.9 Å². The molecular formula is C22H28FN3O5S. The normalized spacial score (nSPS) is 11.8. The predicted octanol–water partition coefficient (Wildman–Crippen LogP) is 4.11. The van der Waals surface area contributed by atoms with Crippen LogP contribution in [-0.2, 0) is 10.1 Å². The molecular weight excluding hydrogens is 437 g/mol. The van der Waals surface area contributed by atoms with Crippen LogP contribution in [0.1, 0.15) is 18.9 Å². The van der Waals surface area contributed by atoms with Gasteiger partial charge in [0.2, 0.25) is 0 Å². The average molecular weight is 466 g/mol. The monoisotopic (exact) mass is 465 g/mol. The third-order valence-corrected chi connectivity index (χ3v) is 5.26. The highest BCUT2D eigenvalue weighted by Crippen LogP contribution is 2.25. The highest BCUT2D eigenvalue weighted by molar-refractivity contribution is 7.85. The molecule has 0 saturated carbocycles. The maximum atomic E-state index is 12.4.